The molecule has 3 rings (SSSR count). The Labute approximate surface area is 199 Å². The SMILES string of the molecule is Cc1ccc(CN(Cc2ccc(F)cc2)C(=O)CN(CC(C)C)C(=O)c2ccccc2C)s1. The van der Waals surface area contributed by atoms with E-state index in [1.165, 1.54) is 17.0 Å². The molecule has 174 valence electrons. The Morgan fingerprint density at radius 3 is 2.21 bits per heavy atom. The van der Waals surface area contributed by atoms with E-state index in [4.69, 9.17) is 0 Å². The smallest absolute Gasteiger partial charge is 0.254 e. The van der Waals surface area contributed by atoms with E-state index in [0.717, 1.165) is 16.0 Å². The minimum Gasteiger partial charge on any atom is -0.332 e. The first kappa shape index (κ1) is 24.6. The Morgan fingerprint density at radius 1 is 0.909 bits per heavy atom. The summed E-state index contributed by atoms with van der Waals surface area (Å²) in [6.07, 6.45) is 0. The van der Waals surface area contributed by atoms with Crippen molar-refractivity contribution in [2.45, 2.75) is 40.8 Å². The van der Waals surface area contributed by atoms with Gasteiger partial charge in [0.25, 0.3) is 5.91 Å². The standard InChI is InChI=1S/C27H31FN2O2S/c1-19(2)15-30(27(32)25-8-6-5-7-20(25)3)18-26(31)29(17-24-14-9-21(4)33-24)16-22-10-12-23(28)13-11-22/h5-14,19H,15-18H2,1-4H3. The lowest BCUT2D eigenvalue weighted by Crippen LogP contribution is -2.44. The number of carbonyl (C=O) groups is 2. The highest BCUT2D eigenvalue weighted by molar-refractivity contribution is 7.11. The van der Waals surface area contributed by atoms with Gasteiger partial charge in [-0.1, -0.05) is 44.2 Å². The number of nitrogens with zero attached hydrogens (tertiary/aromatic N) is 2. The van der Waals surface area contributed by atoms with E-state index in [0.29, 0.717) is 25.2 Å². The van der Waals surface area contributed by atoms with Crippen LogP contribution in [-0.2, 0) is 17.9 Å². The van der Waals surface area contributed by atoms with E-state index in [9.17, 15) is 14.0 Å². The normalized spacial score (nSPS) is 11.0. The van der Waals surface area contributed by atoms with Crippen molar-refractivity contribution in [3.05, 3.63) is 92.9 Å². The molecular formula is C27H31FN2O2S. The zero-order valence-electron chi connectivity index (χ0n) is 19.7. The van der Waals surface area contributed by atoms with Crippen LogP contribution in [0.3, 0.4) is 0 Å². The van der Waals surface area contributed by atoms with Crippen molar-refractivity contribution in [1.82, 2.24) is 9.80 Å². The van der Waals surface area contributed by atoms with Crippen molar-refractivity contribution in [2.75, 3.05) is 13.1 Å². The molecule has 0 aliphatic carbocycles. The van der Waals surface area contributed by atoms with Gasteiger partial charge in [0.05, 0.1) is 6.54 Å². The van der Waals surface area contributed by atoms with Crippen molar-refractivity contribution in [2.24, 2.45) is 5.92 Å². The fourth-order valence-electron chi connectivity index (χ4n) is 3.71. The molecule has 0 saturated carbocycles. The largest absolute Gasteiger partial charge is 0.332 e. The maximum atomic E-state index is 13.5. The fourth-order valence-corrected chi connectivity index (χ4v) is 4.61. The lowest BCUT2D eigenvalue weighted by atomic mass is 10.1. The summed E-state index contributed by atoms with van der Waals surface area (Å²) in [5.74, 6) is -0.356. The molecule has 4 nitrogen and oxygen atoms in total. The van der Waals surface area contributed by atoms with E-state index in [1.807, 2.05) is 58.0 Å². The van der Waals surface area contributed by atoms with Gasteiger partial charge < -0.3 is 9.80 Å². The Bertz CT molecular complexity index is 1090. The minimum absolute atomic E-state index is 0.00308. The minimum atomic E-state index is -0.308. The van der Waals surface area contributed by atoms with E-state index >= 15 is 0 Å². The Hall–Kier alpha value is -2.99. The lowest BCUT2D eigenvalue weighted by Gasteiger charge is -2.29. The van der Waals surface area contributed by atoms with Gasteiger partial charge in [0.2, 0.25) is 5.91 Å². The summed E-state index contributed by atoms with van der Waals surface area (Å²) in [7, 11) is 0. The van der Waals surface area contributed by atoms with E-state index in [2.05, 4.69) is 0 Å². The monoisotopic (exact) mass is 466 g/mol. The molecule has 0 spiro atoms. The summed E-state index contributed by atoms with van der Waals surface area (Å²) >= 11 is 1.65. The van der Waals surface area contributed by atoms with Crippen molar-refractivity contribution in [3.8, 4) is 0 Å². The molecule has 3 aromatic rings. The van der Waals surface area contributed by atoms with Crippen molar-refractivity contribution < 1.29 is 14.0 Å². The number of thiophene rings is 1. The first-order valence-electron chi connectivity index (χ1n) is 11.2. The van der Waals surface area contributed by atoms with Gasteiger partial charge in [0.1, 0.15) is 12.4 Å². The predicted octanol–water partition coefficient (Wildman–Crippen LogP) is 5.83. The lowest BCUT2D eigenvalue weighted by molar-refractivity contribution is -0.133. The second-order valence-corrected chi connectivity index (χ2v) is 10.2. The van der Waals surface area contributed by atoms with Gasteiger partial charge in [-0.25, -0.2) is 4.39 Å². The second-order valence-electron chi connectivity index (χ2n) is 8.78. The van der Waals surface area contributed by atoms with Crippen LogP contribution in [0.2, 0.25) is 0 Å². The van der Waals surface area contributed by atoms with Crippen LogP contribution in [0.5, 0.6) is 0 Å². The number of hydrogen-bond donors (Lipinski definition) is 0. The highest BCUT2D eigenvalue weighted by Crippen LogP contribution is 2.20. The quantitative estimate of drug-likeness (QED) is 0.398. The Morgan fingerprint density at radius 2 is 1.61 bits per heavy atom. The molecule has 0 atom stereocenters. The van der Waals surface area contributed by atoms with Crippen LogP contribution in [0.4, 0.5) is 4.39 Å². The molecule has 33 heavy (non-hydrogen) atoms. The van der Waals surface area contributed by atoms with E-state index in [-0.39, 0.29) is 30.1 Å². The van der Waals surface area contributed by atoms with Gasteiger partial charge in [-0.15, -0.1) is 11.3 Å². The summed E-state index contributed by atoms with van der Waals surface area (Å²) in [5.41, 5.74) is 2.35. The predicted molar refractivity (Wildman–Crippen MR) is 132 cm³/mol. The van der Waals surface area contributed by atoms with Crippen LogP contribution in [0.25, 0.3) is 0 Å². The molecule has 0 aliphatic rings. The molecule has 2 amide bonds. The fraction of sp³-hybridized carbons (Fsp3) is 0.333. The van der Waals surface area contributed by atoms with Gasteiger partial charge >= 0.3 is 0 Å². The van der Waals surface area contributed by atoms with Crippen LogP contribution >= 0.6 is 11.3 Å². The van der Waals surface area contributed by atoms with Gasteiger partial charge in [0.15, 0.2) is 0 Å². The number of hydrogen-bond acceptors (Lipinski definition) is 3. The van der Waals surface area contributed by atoms with E-state index in [1.54, 1.807) is 39.3 Å². The molecule has 6 heteroatoms. The number of benzene rings is 2. The maximum absolute atomic E-state index is 13.5. The molecule has 0 unspecified atom stereocenters. The zero-order valence-corrected chi connectivity index (χ0v) is 20.5. The van der Waals surface area contributed by atoms with Crippen LogP contribution in [0.15, 0.2) is 60.7 Å². The summed E-state index contributed by atoms with van der Waals surface area (Å²) < 4.78 is 13.4. The van der Waals surface area contributed by atoms with Crippen LogP contribution < -0.4 is 0 Å². The molecule has 0 N–H and O–H groups in total. The number of halogens is 1. The average molecular weight is 467 g/mol. The topological polar surface area (TPSA) is 40.6 Å². The van der Waals surface area contributed by atoms with Crippen molar-refractivity contribution in [3.63, 3.8) is 0 Å². The summed E-state index contributed by atoms with van der Waals surface area (Å²) in [4.78, 5) is 32.5. The summed E-state index contributed by atoms with van der Waals surface area (Å²) in [6, 6.07) is 17.7. The van der Waals surface area contributed by atoms with E-state index < -0.39 is 0 Å². The zero-order chi connectivity index (χ0) is 24.0. The number of aryl methyl sites for hydroxylation is 2. The summed E-state index contributed by atoms with van der Waals surface area (Å²) in [5, 5.41) is 0. The maximum Gasteiger partial charge on any atom is 0.254 e. The third-order valence-corrected chi connectivity index (χ3v) is 6.34. The van der Waals surface area contributed by atoms with Gasteiger partial charge in [0, 0.05) is 28.4 Å². The third-order valence-electron chi connectivity index (χ3n) is 5.36. The first-order valence-corrected chi connectivity index (χ1v) is 12.0. The molecule has 0 saturated heterocycles. The molecule has 0 aliphatic heterocycles. The van der Waals surface area contributed by atoms with Gasteiger partial charge in [-0.3, -0.25) is 9.59 Å². The first-order chi connectivity index (χ1) is 15.7. The molecule has 0 fully saturated rings. The number of rotatable bonds is 9. The molecule has 2 aromatic carbocycles. The number of carbonyl (C=O) groups excluding carboxylic acids is 2. The highest BCUT2D eigenvalue weighted by atomic mass is 32.1. The molecule has 0 radical (unpaired) electrons. The van der Waals surface area contributed by atoms with Crippen LogP contribution in [0.1, 0.15) is 45.1 Å². The molecule has 1 aromatic heterocycles. The second kappa shape index (κ2) is 11.2. The third kappa shape index (κ3) is 6.99. The van der Waals surface area contributed by atoms with Crippen LogP contribution in [-0.4, -0.2) is 34.7 Å². The highest BCUT2D eigenvalue weighted by Gasteiger charge is 2.24. The average Bonchev–Trinajstić information content (AvgIpc) is 3.18. The van der Waals surface area contributed by atoms with Gasteiger partial charge in [-0.2, -0.15) is 0 Å². The van der Waals surface area contributed by atoms with Gasteiger partial charge in [-0.05, 0) is 61.2 Å². The summed E-state index contributed by atoms with van der Waals surface area (Å²) in [6.45, 7) is 9.29. The van der Waals surface area contributed by atoms with Crippen LogP contribution in [0, 0.1) is 25.6 Å². The van der Waals surface area contributed by atoms with Crippen molar-refractivity contribution >= 4 is 23.2 Å². The molecule has 0 bridgehead atoms. The molecular weight excluding hydrogens is 435 g/mol. The van der Waals surface area contributed by atoms with Crippen molar-refractivity contribution in [1.29, 1.82) is 0 Å². The number of amides is 2. The Kier molecular flexibility index (Phi) is 8.39. The Balaban J connectivity index is 1.84. The molecule has 1 heterocycles.